The van der Waals surface area contributed by atoms with Gasteiger partial charge in [0.2, 0.25) is 0 Å². The normalized spacial score (nSPS) is 10.1. The van der Waals surface area contributed by atoms with Crippen molar-refractivity contribution in [1.29, 1.82) is 0 Å². The van der Waals surface area contributed by atoms with Gasteiger partial charge in [0.15, 0.2) is 0 Å². The van der Waals surface area contributed by atoms with Crippen molar-refractivity contribution in [1.82, 2.24) is 4.90 Å². The van der Waals surface area contributed by atoms with E-state index in [0.717, 1.165) is 10.5 Å². The average Bonchev–Trinajstić information content (AvgIpc) is 2.54. The number of aryl methyl sites for hydroxylation is 1. The Morgan fingerprint density at radius 1 is 1.12 bits per heavy atom. The predicted octanol–water partition coefficient (Wildman–Crippen LogP) is 2.20. The van der Waals surface area contributed by atoms with Crippen LogP contribution in [0.3, 0.4) is 0 Å². The smallest absolute Gasteiger partial charge is 0.323 e. The third-order valence-electron chi connectivity index (χ3n) is 3.33. The zero-order valence-electron chi connectivity index (χ0n) is 13.4. The number of nitrogens with zero attached hydrogens (tertiary/aromatic N) is 1. The molecular formula is C18H17N2O4. The fourth-order valence-electron chi connectivity index (χ4n) is 2.07. The Bertz CT molecular complexity index is 769. The summed E-state index contributed by atoms with van der Waals surface area (Å²) in [5.74, 6) is -1.86. The van der Waals surface area contributed by atoms with Crippen molar-refractivity contribution < 1.29 is 19.5 Å². The summed E-state index contributed by atoms with van der Waals surface area (Å²) >= 11 is 0. The summed E-state index contributed by atoms with van der Waals surface area (Å²) in [4.78, 5) is 36.1. The van der Waals surface area contributed by atoms with Gasteiger partial charge in [-0.25, -0.2) is 0 Å². The van der Waals surface area contributed by atoms with Gasteiger partial charge >= 0.3 is 5.97 Å². The number of hydrogen-bond donors (Lipinski definition) is 2. The minimum Gasteiger partial charge on any atom is -0.480 e. The molecule has 2 amide bonds. The Balaban J connectivity index is 2.12. The topological polar surface area (TPSA) is 86.7 Å². The second-order valence-corrected chi connectivity index (χ2v) is 5.39. The summed E-state index contributed by atoms with van der Waals surface area (Å²) in [6.45, 7) is 1.53. The zero-order valence-corrected chi connectivity index (χ0v) is 13.4. The minimum absolute atomic E-state index is 0.250. The number of nitrogens with one attached hydrogen (secondary N) is 1. The Morgan fingerprint density at radius 2 is 1.79 bits per heavy atom. The summed E-state index contributed by atoms with van der Waals surface area (Å²) in [5.41, 5.74) is 2.21. The Labute approximate surface area is 139 Å². The van der Waals surface area contributed by atoms with Crippen LogP contribution < -0.4 is 5.32 Å². The highest BCUT2D eigenvalue weighted by Gasteiger charge is 2.15. The number of benzene rings is 2. The van der Waals surface area contributed by atoms with Gasteiger partial charge in [-0.3, -0.25) is 14.4 Å². The van der Waals surface area contributed by atoms with E-state index in [0.29, 0.717) is 11.3 Å². The molecule has 0 heterocycles. The molecular weight excluding hydrogens is 308 g/mol. The predicted molar refractivity (Wildman–Crippen MR) is 89.0 cm³/mol. The fourth-order valence-corrected chi connectivity index (χ4v) is 2.07. The molecule has 2 N–H and O–H groups in total. The largest absolute Gasteiger partial charge is 0.480 e. The number of carbonyl (C=O) groups excluding carboxylic acids is 2. The molecule has 1 radical (unpaired) electrons. The Morgan fingerprint density at radius 3 is 2.42 bits per heavy atom. The van der Waals surface area contributed by atoms with Crippen LogP contribution in [0.2, 0.25) is 0 Å². The average molecular weight is 325 g/mol. The van der Waals surface area contributed by atoms with Crippen molar-refractivity contribution in [2.75, 3.05) is 18.9 Å². The highest BCUT2D eigenvalue weighted by Crippen LogP contribution is 2.14. The number of anilines is 1. The molecule has 0 saturated carbocycles. The number of carboxylic acid groups (broad SMARTS) is 1. The molecule has 0 aromatic heterocycles. The molecule has 2 aromatic carbocycles. The number of likely N-dealkylation sites (N-methyl/N-ethyl adjacent to an activating group) is 1. The van der Waals surface area contributed by atoms with E-state index >= 15 is 0 Å². The van der Waals surface area contributed by atoms with Crippen LogP contribution in [0.5, 0.6) is 0 Å². The van der Waals surface area contributed by atoms with Gasteiger partial charge in [-0.2, -0.15) is 0 Å². The Hall–Kier alpha value is -3.15. The molecule has 0 unspecified atom stereocenters. The van der Waals surface area contributed by atoms with Crippen molar-refractivity contribution in [3.8, 4) is 0 Å². The highest BCUT2D eigenvalue weighted by molar-refractivity contribution is 6.05. The fraction of sp³-hybridized carbons (Fsp3) is 0.167. The van der Waals surface area contributed by atoms with Crippen LogP contribution in [0.25, 0.3) is 0 Å². The number of amides is 2. The molecule has 0 spiro atoms. The molecule has 0 fully saturated rings. The molecule has 2 aromatic rings. The van der Waals surface area contributed by atoms with E-state index in [2.05, 4.69) is 11.4 Å². The summed E-state index contributed by atoms with van der Waals surface area (Å²) in [5, 5.41) is 11.4. The second-order valence-electron chi connectivity index (χ2n) is 5.39. The number of rotatable bonds is 5. The maximum atomic E-state index is 12.2. The highest BCUT2D eigenvalue weighted by atomic mass is 16.4. The SMILES string of the molecule is Cc1ccc(C(=O)Nc2c[c]cc(C(=O)N(C)CC(=O)O)c2)cc1. The second kappa shape index (κ2) is 7.41. The summed E-state index contributed by atoms with van der Waals surface area (Å²) in [6.07, 6.45) is 0. The van der Waals surface area contributed by atoms with Crippen LogP contribution >= 0.6 is 0 Å². The maximum absolute atomic E-state index is 12.2. The molecule has 123 valence electrons. The van der Waals surface area contributed by atoms with Crippen molar-refractivity contribution >= 4 is 23.5 Å². The van der Waals surface area contributed by atoms with Crippen LogP contribution in [-0.2, 0) is 4.79 Å². The lowest BCUT2D eigenvalue weighted by molar-refractivity contribution is -0.137. The third kappa shape index (κ3) is 4.42. The van der Waals surface area contributed by atoms with E-state index in [4.69, 9.17) is 5.11 Å². The Kier molecular flexibility index (Phi) is 5.31. The van der Waals surface area contributed by atoms with E-state index < -0.39 is 18.4 Å². The molecule has 0 aliphatic heterocycles. The number of aliphatic carboxylic acids is 1. The lowest BCUT2D eigenvalue weighted by Gasteiger charge is -2.15. The van der Waals surface area contributed by atoms with E-state index in [1.807, 2.05) is 19.1 Å². The summed E-state index contributed by atoms with van der Waals surface area (Å²) in [6, 6.07) is 14.3. The van der Waals surface area contributed by atoms with E-state index in [1.54, 1.807) is 18.2 Å². The lowest BCUT2D eigenvalue weighted by Crippen LogP contribution is -2.31. The van der Waals surface area contributed by atoms with Crippen molar-refractivity contribution in [2.45, 2.75) is 6.92 Å². The van der Waals surface area contributed by atoms with Gasteiger partial charge < -0.3 is 15.3 Å². The van der Waals surface area contributed by atoms with Gasteiger partial charge in [0.05, 0.1) is 0 Å². The first kappa shape index (κ1) is 17.2. The molecule has 0 bridgehead atoms. The standard InChI is InChI=1S/C18H17N2O4/c1-12-6-8-13(9-7-12)17(23)19-15-5-3-4-14(10-15)18(24)20(2)11-16(21)22/h4-10H,11H2,1-2H3,(H,19,23)(H,21,22). The maximum Gasteiger partial charge on any atom is 0.323 e. The van der Waals surface area contributed by atoms with Gasteiger partial charge in [-0.05, 0) is 43.3 Å². The first-order valence-corrected chi connectivity index (χ1v) is 7.23. The molecule has 0 aliphatic rings. The first-order valence-electron chi connectivity index (χ1n) is 7.23. The van der Waals surface area contributed by atoms with E-state index in [1.165, 1.54) is 19.2 Å². The molecule has 6 nitrogen and oxygen atoms in total. The van der Waals surface area contributed by atoms with Crippen molar-refractivity contribution in [3.05, 3.63) is 65.2 Å². The molecule has 0 atom stereocenters. The monoisotopic (exact) mass is 325 g/mol. The van der Waals surface area contributed by atoms with E-state index in [9.17, 15) is 14.4 Å². The van der Waals surface area contributed by atoms with Gasteiger partial charge in [-0.1, -0.05) is 17.7 Å². The van der Waals surface area contributed by atoms with Crippen LogP contribution in [0.4, 0.5) is 5.69 Å². The summed E-state index contributed by atoms with van der Waals surface area (Å²) in [7, 11) is 1.40. The van der Waals surface area contributed by atoms with Gasteiger partial charge in [0, 0.05) is 23.9 Å². The number of carboxylic acids is 1. The number of carbonyl (C=O) groups is 3. The van der Waals surface area contributed by atoms with Gasteiger partial charge in [0.1, 0.15) is 6.54 Å². The van der Waals surface area contributed by atoms with Crippen molar-refractivity contribution in [3.63, 3.8) is 0 Å². The molecule has 0 saturated heterocycles. The molecule has 2 rings (SSSR count). The third-order valence-corrected chi connectivity index (χ3v) is 3.33. The quantitative estimate of drug-likeness (QED) is 0.882. The van der Waals surface area contributed by atoms with Crippen LogP contribution in [0, 0.1) is 13.0 Å². The summed E-state index contributed by atoms with van der Waals surface area (Å²) < 4.78 is 0. The molecule has 24 heavy (non-hydrogen) atoms. The molecule has 6 heteroatoms. The van der Waals surface area contributed by atoms with Crippen LogP contribution in [0.1, 0.15) is 26.3 Å². The first-order chi connectivity index (χ1) is 11.4. The van der Waals surface area contributed by atoms with Gasteiger partial charge in [-0.15, -0.1) is 0 Å². The van der Waals surface area contributed by atoms with E-state index in [-0.39, 0.29) is 11.5 Å². The minimum atomic E-state index is -1.10. The zero-order chi connectivity index (χ0) is 17.7. The lowest BCUT2D eigenvalue weighted by atomic mass is 10.1. The van der Waals surface area contributed by atoms with Crippen LogP contribution in [-0.4, -0.2) is 41.4 Å². The number of hydrogen-bond acceptors (Lipinski definition) is 3. The molecule has 0 aliphatic carbocycles. The van der Waals surface area contributed by atoms with Crippen molar-refractivity contribution in [2.24, 2.45) is 0 Å². The van der Waals surface area contributed by atoms with Gasteiger partial charge in [0.25, 0.3) is 11.8 Å². The van der Waals surface area contributed by atoms with Crippen LogP contribution in [0.15, 0.2) is 42.5 Å².